The highest BCUT2D eigenvalue weighted by atomic mass is 19.4. The van der Waals surface area contributed by atoms with Crippen LogP contribution >= 0.6 is 0 Å². The summed E-state index contributed by atoms with van der Waals surface area (Å²) < 4.78 is 45.1. The molecule has 0 aliphatic rings. The van der Waals surface area contributed by atoms with Crippen LogP contribution in [0, 0.1) is 0 Å². The smallest absolute Gasteiger partial charge is 0.422 e. The fourth-order valence-electron chi connectivity index (χ4n) is 1.10. The third-order valence-corrected chi connectivity index (χ3v) is 1.76. The van der Waals surface area contributed by atoms with Gasteiger partial charge < -0.3 is 9.47 Å². The molecule has 0 saturated carbocycles. The number of benzene rings is 1. The van der Waals surface area contributed by atoms with Gasteiger partial charge >= 0.3 is 6.18 Å². The first-order valence-corrected chi connectivity index (χ1v) is 4.29. The average molecular weight is 234 g/mol. The van der Waals surface area contributed by atoms with Gasteiger partial charge in [-0.3, -0.25) is 4.79 Å². The highest BCUT2D eigenvalue weighted by Crippen LogP contribution is 2.27. The van der Waals surface area contributed by atoms with Crippen LogP contribution < -0.4 is 9.47 Å². The van der Waals surface area contributed by atoms with Crippen LogP contribution in [0.2, 0.25) is 0 Å². The Bertz CT molecular complexity index is 374. The van der Waals surface area contributed by atoms with E-state index < -0.39 is 12.8 Å². The fourth-order valence-corrected chi connectivity index (χ4v) is 1.10. The zero-order valence-electron chi connectivity index (χ0n) is 8.38. The van der Waals surface area contributed by atoms with Crippen LogP contribution in [0.5, 0.6) is 11.5 Å². The highest BCUT2D eigenvalue weighted by Gasteiger charge is 2.29. The van der Waals surface area contributed by atoms with Crippen LogP contribution in [-0.4, -0.2) is 26.2 Å². The summed E-state index contributed by atoms with van der Waals surface area (Å²) in [6.45, 7) is -1.44. The standard InChI is InChI=1S/C10H9F3O3/c1-15-8-3-2-4-9(7(8)5-14)16-6-10(11,12)13/h2-5H,6H2,1H3. The molecule has 1 rings (SSSR count). The molecule has 0 radical (unpaired) electrons. The lowest BCUT2D eigenvalue weighted by molar-refractivity contribution is -0.153. The minimum absolute atomic E-state index is 0.0331. The van der Waals surface area contributed by atoms with Gasteiger partial charge in [-0.25, -0.2) is 0 Å². The molecule has 16 heavy (non-hydrogen) atoms. The van der Waals surface area contributed by atoms with Gasteiger partial charge in [-0.1, -0.05) is 6.07 Å². The number of methoxy groups -OCH3 is 1. The zero-order chi connectivity index (χ0) is 12.2. The number of alkyl halides is 3. The quantitative estimate of drug-likeness (QED) is 0.750. The van der Waals surface area contributed by atoms with E-state index in [1.165, 1.54) is 25.3 Å². The highest BCUT2D eigenvalue weighted by molar-refractivity contribution is 5.83. The van der Waals surface area contributed by atoms with Crippen molar-refractivity contribution < 1.29 is 27.4 Å². The number of aldehydes is 1. The minimum Gasteiger partial charge on any atom is -0.496 e. The summed E-state index contributed by atoms with van der Waals surface area (Å²) in [5.74, 6) is 0.0290. The topological polar surface area (TPSA) is 35.5 Å². The molecule has 0 atom stereocenters. The Hall–Kier alpha value is -1.72. The molecule has 1 aromatic carbocycles. The van der Waals surface area contributed by atoms with Crippen molar-refractivity contribution in [2.75, 3.05) is 13.7 Å². The van der Waals surface area contributed by atoms with E-state index in [1.807, 2.05) is 0 Å². The van der Waals surface area contributed by atoms with Gasteiger partial charge in [0.1, 0.15) is 11.5 Å². The van der Waals surface area contributed by atoms with Crippen molar-refractivity contribution in [3.05, 3.63) is 23.8 Å². The molecule has 0 heterocycles. The maximum absolute atomic E-state index is 11.9. The first kappa shape index (κ1) is 12.4. The van der Waals surface area contributed by atoms with Crippen LogP contribution in [0.25, 0.3) is 0 Å². The number of halogens is 3. The summed E-state index contributed by atoms with van der Waals surface area (Å²) in [6.07, 6.45) is -4.05. The van der Waals surface area contributed by atoms with Crippen molar-refractivity contribution in [2.45, 2.75) is 6.18 Å². The lowest BCUT2D eigenvalue weighted by Crippen LogP contribution is -2.19. The minimum atomic E-state index is -4.44. The summed E-state index contributed by atoms with van der Waals surface area (Å²) in [5, 5.41) is 0. The van der Waals surface area contributed by atoms with Gasteiger partial charge in [0.15, 0.2) is 12.9 Å². The molecule has 3 nitrogen and oxygen atoms in total. The van der Waals surface area contributed by atoms with Gasteiger partial charge in [0.05, 0.1) is 12.7 Å². The molecule has 0 unspecified atom stereocenters. The molecule has 0 spiro atoms. The van der Waals surface area contributed by atoms with Gasteiger partial charge in [-0.05, 0) is 12.1 Å². The molecule has 0 N–H and O–H groups in total. The van der Waals surface area contributed by atoms with Crippen molar-refractivity contribution in [3.8, 4) is 11.5 Å². The summed E-state index contributed by atoms with van der Waals surface area (Å²) >= 11 is 0. The Morgan fingerprint density at radius 2 is 1.94 bits per heavy atom. The molecule has 0 amide bonds. The van der Waals surface area contributed by atoms with Crippen molar-refractivity contribution in [2.24, 2.45) is 0 Å². The molecular formula is C10H9F3O3. The monoisotopic (exact) mass is 234 g/mol. The van der Waals surface area contributed by atoms with Gasteiger partial charge in [-0.2, -0.15) is 13.2 Å². The van der Waals surface area contributed by atoms with Gasteiger partial charge in [0, 0.05) is 0 Å². The molecule has 0 aliphatic carbocycles. The van der Waals surface area contributed by atoms with Gasteiger partial charge in [-0.15, -0.1) is 0 Å². The van der Waals surface area contributed by atoms with E-state index in [0.717, 1.165) is 0 Å². The van der Waals surface area contributed by atoms with E-state index in [-0.39, 0.29) is 17.1 Å². The van der Waals surface area contributed by atoms with E-state index in [0.29, 0.717) is 6.29 Å². The summed E-state index contributed by atoms with van der Waals surface area (Å²) in [5.41, 5.74) is -0.0331. The summed E-state index contributed by atoms with van der Waals surface area (Å²) in [4.78, 5) is 10.7. The van der Waals surface area contributed by atoms with E-state index >= 15 is 0 Å². The van der Waals surface area contributed by atoms with E-state index in [2.05, 4.69) is 4.74 Å². The van der Waals surface area contributed by atoms with E-state index in [1.54, 1.807) is 0 Å². The maximum Gasteiger partial charge on any atom is 0.422 e. The molecule has 0 fully saturated rings. The summed E-state index contributed by atoms with van der Waals surface area (Å²) in [7, 11) is 1.32. The Labute approximate surface area is 89.8 Å². The number of hydrogen-bond acceptors (Lipinski definition) is 3. The second-order valence-corrected chi connectivity index (χ2v) is 2.89. The number of rotatable bonds is 4. The van der Waals surface area contributed by atoms with Crippen LogP contribution in [0.4, 0.5) is 13.2 Å². The lowest BCUT2D eigenvalue weighted by atomic mass is 10.2. The van der Waals surface area contributed by atoms with Crippen LogP contribution in [-0.2, 0) is 0 Å². The number of carbonyl (C=O) groups excluding carboxylic acids is 1. The summed E-state index contributed by atoms with van der Waals surface area (Å²) in [6, 6.07) is 4.18. The van der Waals surface area contributed by atoms with Crippen LogP contribution in [0.3, 0.4) is 0 Å². The first-order valence-electron chi connectivity index (χ1n) is 4.29. The van der Waals surface area contributed by atoms with Crippen molar-refractivity contribution in [1.29, 1.82) is 0 Å². The third kappa shape index (κ3) is 3.15. The fraction of sp³-hybridized carbons (Fsp3) is 0.300. The molecule has 88 valence electrons. The zero-order valence-corrected chi connectivity index (χ0v) is 8.38. The van der Waals surface area contributed by atoms with E-state index in [4.69, 9.17) is 4.74 Å². The van der Waals surface area contributed by atoms with Crippen LogP contribution in [0.15, 0.2) is 18.2 Å². The SMILES string of the molecule is COc1cccc(OCC(F)(F)F)c1C=O. The predicted octanol–water partition coefficient (Wildman–Crippen LogP) is 2.45. The second kappa shape index (κ2) is 4.87. The number of hydrogen-bond donors (Lipinski definition) is 0. The van der Waals surface area contributed by atoms with Crippen molar-refractivity contribution in [1.82, 2.24) is 0 Å². The molecule has 6 heteroatoms. The Morgan fingerprint density at radius 1 is 1.31 bits per heavy atom. The average Bonchev–Trinajstić information content (AvgIpc) is 2.24. The maximum atomic E-state index is 11.9. The van der Waals surface area contributed by atoms with Gasteiger partial charge in [0.2, 0.25) is 0 Å². The Balaban J connectivity index is 2.91. The number of ether oxygens (including phenoxy) is 2. The molecule has 0 aliphatic heterocycles. The number of carbonyl (C=O) groups is 1. The molecule has 0 saturated heterocycles. The molecule has 0 aromatic heterocycles. The molecular weight excluding hydrogens is 225 g/mol. The van der Waals surface area contributed by atoms with Crippen molar-refractivity contribution in [3.63, 3.8) is 0 Å². The van der Waals surface area contributed by atoms with Gasteiger partial charge in [0.25, 0.3) is 0 Å². The van der Waals surface area contributed by atoms with E-state index in [9.17, 15) is 18.0 Å². The largest absolute Gasteiger partial charge is 0.496 e. The first-order chi connectivity index (χ1) is 7.48. The second-order valence-electron chi connectivity index (χ2n) is 2.89. The lowest BCUT2D eigenvalue weighted by Gasteiger charge is -2.12. The third-order valence-electron chi connectivity index (χ3n) is 1.76. The Kier molecular flexibility index (Phi) is 3.76. The normalized spacial score (nSPS) is 11.0. The molecule has 1 aromatic rings. The Morgan fingerprint density at radius 3 is 2.44 bits per heavy atom. The van der Waals surface area contributed by atoms with Crippen LogP contribution in [0.1, 0.15) is 10.4 Å². The predicted molar refractivity (Wildman–Crippen MR) is 49.9 cm³/mol. The molecule has 0 bridgehead atoms. The van der Waals surface area contributed by atoms with Crippen molar-refractivity contribution >= 4 is 6.29 Å².